The third-order valence-corrected chi connectivity index (χ3v) is 5.55. The van der Waals surface area contributed by atoms with Crippen LogP contribution in [0.15, 0.2) is 35.6 Å². The Kier molecular flexibility index (Phi) is 5.44. The van der Waals surface area contributed by atoms with E-state index in [1.807, 2.05) is 12.3 Å². The lowest BCUT2D eigenvalue weighted by atomic mass is 10.1. The lowest BCUT2D eigenvalue weighted by Gasteiger charge is -2.18. The van der Waals surface area contributed by atoms with Crippen molar-refractivity contribution >= 4 is 22.3 Å². The van der Waals surface area contributed by atoms with E-state index in [1.54, 1.807) is 16.8 Å². The molecule has 0 amide bonds. The van der Waals surface area contributed by atoms with Crippen molar-refractivity contribution in [2.75, 3.05) is 31.8 Å². The highest BCUT2D eigenvalue weighted by Gasteiger charge is 2.23. The van der Waals surface area contributed by atoms with Gasteiger partial charge in [-0.3, -0.25) is 4.79 Å². The Morgan fingerprint density at radius 1 is 1.23 bits per heavy atom. The van der Waals surface area contributed by atoms with Crippen molar-refractivity contribution in [2.24, 2.45) is 0 Å². The molecule has 9 heteroatoms. The molecule has 2 N–H and O–H groups in total. The zero-order valence-corrected chi connectivity index (χ0v) is 17.4. The molecule has 0 saturated carbocycles. The zero-order valence-electron chi connectivity index (χ0n) is 17.4. The van der Waals surface area contributed by atoms with Crippen LogP contribution < -0.4 is 25.7 Å². The fraction of sp³-hybridized carbons (Fsp3) is 0.409. The summed E-state index contributed by atoms with van der Waals surface area (Å²) in [5.74, 6) is 1.91. The Morgan fingerprint density at radius 2 is 2.16 bits per heavy atom. The van der Waals surface area contributed by atoms with Gasteiger partial charge < -0.3 is 29.4 Å². The van der Waals surface area contributed by atoms with Gasteiger partial charge in [0.2, 0.25) is 6.79 Å². The van der Waals surface area contributed by atoms with Gasteiger partial charge in [0.1, 0.15) is 12.1 Å². The van der Waals surface area contributed by atoms with E-state index in [4.69, 9.17) is 14.2 Å². The maximum absolute atomic E-state index is 12.7. The first-order chi connectivity index (χ1) is 15.2. The minimum Gasteiger partial charge on any atom is -0.453 e. The van der Waals surface area contributed by atoms with Crippen LogP contribution in [0.4, 0.5) is 11.5 Å². The first-order valence-electron chi connectivity index (χ1n) is 10.5. The van der Waals surface area contributed by atoms with Gasteiger partial charge in [-0.05, 0) is 31.3 Å². The van der Waals surface area contributed by atoms with Crippen LogP contribution in [0.25, 0.3) is 10.8 Å². The average molecular weight is 423 g/mol. The summed E-state index contributed by atoms with van der Waals surface area (Å²) in [5, 5.41) is 8.47. The maximum atomic E-state index is 12.7. The van der Waals surface area contributed by atoms with E-state index >= 15 is 0 Å². The number of pyridine rings is 1. The molecule has 5 rings (SSSR count). The quantitative estimate of drug-likeness (QED) is 0.568. The van der Waals surface area contributed by atoms with E-state index < -0.39 is 0 Å². The summed E-state index contributed by atoms with van der Waals surface area (Å²) in [7, 11) is 0. The molecule has 0 radical (unpaired) electrons. The first-order valence-corrected chi connectivity index (χ1v) is 10.5. The molecule has 4 heterocycles. The summed E-state index contributed by atoms with van der Waals surface area (Å²) >= 11 is 0. The second kappa shape index (κ2) is 8.52. The van der Waals surface area contributed by atoms with E-state index in [0.717, 1.165) is 35.0 Å². The zero-order chi connectivity index (χ0) is 21.2. The highest BCUT2D eigenvalue weighted by molar-refractivity contribution is 6.00. The SMILES string of the molecule is CC1Cc2cncnc2Nc2c3c(cc4cc(=O)n(cc24)CCNCCCO1)OCO3. The number of fused-ring (bicyclic) bond motifs is 4. The summed E-state index contributed by atoms with van der Waals surface area (Å²) in [5.41, 5.74) is 1.62. The monoisotopic (exact) mass is 423 g/mol. The molecule has 1 atom stereocenters. The van der Waals surface area contributed by atoms with Crippen LogP contribution in [0.2, 0.25) is 0 Å². The van der Waals surface area contributed by atoms with Gasteiger partial charge in [0.15, 0.2) is 11.5 Å². The summed E-state index contributed by atoms with van der Waals surface area (Å²) < 4.78 is 19.1. The van der Waals surface area contributed by atoms with Crippen molar-refractivity contribution in [1.29, 1.82) is 0 Å². The van der Waals surface area contributed by atoms with Crippen molar-refractivity contribution in [2.45, 2.75) is 32.4 Å². The Labute approximate surface area is 179 Å². The number of hydrogen-bond acceptors (Lipinski definition) is 8. The lowest BCUT2D eigenvalue weighted by Crippen LogP contribution is -2.27. The van der Waals surface area contributed by atoms with Crippen molar-refractivity contribution in [3.8, 4) is 11.5 Å². The minimum atomic E-state index is -0.0554. The molecule has 31 heavy (non-hydrogen) atoms. The van der Waals surface area contributed by atoms with Crippen LogP contribution in [0.5, 0.6) is 11.5 Å². The standard InChI is InChI=1S/C22H25N5O4/c1-14-7-16-10-24-12-25-22(16)26-20-17-11-27(5-4-23-3-2-6-29-14)19(28)9-15(17)8-18-21(20)31-13-30-18/h8-12,14,23H,2-7,13H2,1H3,(H,24,25,26). The number of anilines is 2. The van der Waals surface area contributed by atoms with Gasteiger partial charge in [-0.1, -0.05) is 0 Å². The second-order valence-electron chi connectivity index (χ2n) is 7.80. The lowest BCUT2D eigenvalue weighted by molar-refractivity contribution is 0.0648. The molecule has 2 bridgehead atoms. The normalized spacial score (nSPS) is 19.2. The van der Waals surface area contributed by atoms with Crippen molar-refractivity contribution in [3.63, 3.8) is 0 Å². The van der Waals surface area contributed by atoms with Gasteiger partial charge in [0, 0.05) is 55.5 Å². The number of aromatic nitrogens is 3. The van der Waals surface area contributed by atoms with E-state index in [1.165, 1.54) is 6.33 Å². The van der Waals surface area contributed by atoms with E-state index in [0.29, 0.717) is 43.4 Å². The highest BCUT2D eigenvalue weighted by Crippen LogP contribution is 2.45. The van der Waals surface area contributed by atoms with Gasteiger partial charge in [0.05, 0.1) is 11.8 Å². The Morgan fingerprint density at radius 3 is 3.10 bits per heavy atom. The first kappa shape index (κ1) is 19.8. The van der Waals surface area contributed by atoms with Crippen LogP contribution in [0.3, 0.4) is 0 Å². The van der Waals surface area contributed by atoms with Crippen molar-refractivity contribution in [1.82, 2.24) is 19.9 Å². The van der Waals surface area contributed by atoms with Crippen LogP contribution in [-0.2, 0) is 17.7 Å². The molecule has 3 aromatic rings. The summed E-state index contributed by atoms with van der Waals surface area (Å²) in [4.78, 5) is 21.3. The largest absolute Gasteiger partial charge is 0.453 e. The molecule has 2 aliphatic rings. The Bertz CT molecular complexity index is 1160. The molecule has 0 fully saturated rings. The number of ether oxygens (including phenoxy) is 3. The molecule has 9 nitrogen and oxygen atoms in total. The minimum absolute atomic E-state index is 0.0300. The molecular formula is C22H25N5O4. The van der Waals surface area contributed by atoms with Crippen molar-refractivity contribution in [3.05, 3.63) is 46.8 Å². The van der Waals surface area contributed by atoms with E-state index in [9.17, 15) is 4.79 Å². The molecular weight excluding hydrogens is 398 g/mol. The number of nitrogens with one attached hydrogen (secondary N) is 2. The molecule has 162 valence electrons. The van der Waals surface area contributed by atoms with Crippen LogP contribution in [0.1, 0.15) is 18.9 Å². The Hall–Kier alpha value is -3.17. The van der Waals surface area contributed by atoms with E-state index in [-0.39, 0.29) is 18.5 Å². The second-order valence-corrected chi connectivity index (χ2v) is 7.80. The average Bonchev–Trinajstić information content (AvgIpc) is 3.22. The van der Waals surface area contributed by atoms with Gasteiger partial charge in [0.25, 0.3) is 5.56 Å². The van der Waals surface area contributed by atoms with Gasteiger partial charge in [-0.15, -0.1) is 0 Å². The van der Waals surface area contributed by atoms with Gasteiger partial charge in [-0.25, -0.2) is 9.97 Å². The molecule has 1 aromatic carbocycles. The van der Waals surface area contributed by atoms with Gasteiger partial charge >= 0.3 is 0 Å². The summed E-state index contributed by atoms with van der Waals surface area (Å²) in [6.07, 6.45) is 6.80. The molecule has 1 unspecified atom stereocenters. The van der Waals surface area contributed by atoms with Crippen LogP contribution in [-0.4, -0.2) is 47.1 Å². The third kappa shape index (κ3) is 4.06. The van der Waals surface area contributed by atoms with Crippen LogP contribution >= 0.6 is 0 Å². The number of hydrogen-bond donors (Lipinski definition) is 2. The molecule has 0 saturated heterocycles. The molecule has 2 aliphatic heterocycles. The number of benzene rings is 1. The fourth-order valence-electron chi connectivity index (χ4n) is 3.98. The molecule has 0 aliphatic carbocycles. The van der Waals surface area contributed by atoms with E-state index in [2.05, 4.69) is 27.5 Å². The summed E-state index contributed by atoms with van der Waals surface area (Å²) in [6, 6.07) is 3.49. The Balaban J connectivity index is 1.65. The summed E-state index contributed by atoms with van der Waals surface area (Å²) in [6.45, 7) is 4.95. The predicted octanol–water partition coefficient (Wildman–Crippen LogP) is 2.20. The fourth-order valence-corrected chi connectivity index (χ4v) is 3.98. The number of nitrogens with zero attached hydrogens (tertiary/aromatic N) is 3. The molecule has 0 spiro atoms. The predicted molar refractivity (Wildman–Crippen MR) is 116 cm³/mol. The topological polar surface area (TPSA) is 99.5 Å². The van der Waals surface area contributed by atoms with Crippen molar-refractivity contribution < 1.29 is 14.2 Å². The third-order valence-electron chi connectivity index (χ3n) is 5.55. The highest BCUT2D eigenvalue weighted by atomic mass is 16.7. The van der Waals surface area contributed by atoms with Gasteiger partial charge in [-0.2, -0.15) is 0 Å². The van der Waals surface area contributed by atoms with Crippen LogP contribution in [0, 0.1) is 0 Å². The smallest absolute Gasteiger partial charge is 0.251 e. The maximum Gasteiger partial charge on any atom is 0.251 e. The number of rotatable bonds is 0. The molecule has 2 aromatic heterocycles.